The highest BCUT2D eigenvalue weighted by atomic mass is 16.5. The van der Waals surface area contributed by atoms with Gasteiger partial charge in [-0.3, -0.25) is 0 Å². The fourth-order valence-electron chi connectivity index (χ4n) is 1.76. The number of nitrogens with zero attached hydrogens (tertiary/aromatic N) is 1. The molecule has 0 unspecified atom stereocenters. The summed E-state index contributed by atoms with van der Waals surface area (Å²) < 4.78 is 9.81. The van der Waals surface area contributed by atoms with Crippen molar-refractivity contribution in [2.75, 3.05) is 19.5 Å². The quantitative estimate of drug-likeness (QED) is 0.847. The first-order valence-electron chi connectivity index (χ1n) is 6.14. The van der Waals surface area contributed by atoms with Crippen molar-refractivity contribution in [3.8, 4) is 5.88 Å². The third-order valence-corrected chi connectivity index (χ3v) is 2.82. The van der Waals surface area contributed by atoms with E-state index in [0.29, 0.717) is 23.7 Å². The number of nitrogens with one attached hydrogen (secondary N) is 1. The normalized spacial score (nSPS) is 9.90. The summed E-state index contributed by atoms with van der Waals surface area (Å²) in [6.45, 7) is 0.595. The number of benzene rings is 1. The molecule has 0 atom stereocenters. The molecule has 0 amide bonds. The van der Waals surface area contributed by atoms with Crippen LogP contribution in [0.15, 0.2) is 42.6 Å². The van der Waals surface area contributed by atoms with Gasteiger partial charge in [0.2, 0.25) is 5.88 Å². The van der Waals surface area contributed by atoms with E-state index in [0.717, 1.165) is 5.56 Å². The van der Waals surface area contributed by atoms with Crippen molar-refractivity contribution in [2.24, 2.45) is 0 Å². The summed E-state index contributed by atoms with van der Waals surface area (Å²) in [7, 11) is 2.87. The Hall–Kier alpha value is -2.56. The molecule has 0 aliphatic heterocycles. The summed E-state index contributed by atoms with van der Waals surface area (Å²) in [6, 6.07) is 11.6. The smallest absolute Gasteiger partial charge is 0.341 e. The molecule has 20 heavy (non-hydrogen) atoms. The molecule has 0 saturated carbocycles. The Morgan fingerprint density at radius 1 is 1.25 bits per heavy atom. The minimum Gasteiger partial charge on any atom is -0.481 e. The van der Waals surface area contributed by atoms with Gasteiger partial charge in [0, 0.05) is 18.8 Å². The molecule has 0 saturated heterocycles. The second-order valence-corrected chi connectivity index (χ2v) is 4.10. The fraction of sp³-hybridized carbons (Fsp3) is 0.200. The van der Waals surface area contributed by atoms with Gasteiger partial charge in [-0.2, -0.15) is 0 Å². The van der Waals surface area contributed by atoms with Gasteiger partial charge in [-0.05, 0) is 5.56 Å². The first kappa shape index (κ1) is 13.9. The highest BCUT2D eigenvalue weighted by Gasteiger charge is 2.13. The van der Waals surface area contributed by atoms with Gasteiger partial charge in [-0.15, -0.1) is 0 Å². The summed E-state index contributed by atoms with van der Waals surface area (Å²) >= 11 is 0. The monoisotopic (exact) mass is 272 g/mol. The number of methoxy groups -OCH3 is 2. The van der Waals surface area contributed by atoms with Crippen LogP contribution in [0.5, 0.6) is 5.88 Å². The van der Waals surface area contributed by atoms with Crippen molar-refractivity contribution < 1.29 is 14.3 Å². The van der Waals surface area contributed by atoms with Gasteiger partial charge >= 0.3 is 5.97 Å². The number of esters is 1. The molecule has 2 aromatic rings. The number of aromatic nitrogens is 1. The van der Waals surface area contributed by atoms with Crippen LogP contribution in [0.2, 0.25) is 0 Å². The zero-order valence-corrected chi connectivity index (χ0v) is 11.4. The van der Waals surface area contributed by atoms with Gasteiger partial charge in [0.25, 0.3) is 0 Å². The lowest BCUT2D eigenvalue weighted by atomic mass is 10.2. The molecule has 104 valence electrons. The molecule has 1 N–H and O–H groups in total. The molecule has 1 aromatic carbocycles. The molecule has 0 aliphatic carbocycles. The third-order valence-electron chi connectivity index (χ3n) is 2.82. The lowest BCUT2D eigenvalue weighted by Crippen LogP contribution is -2.09. The van der Waals surface area contributed by atoms with Crippen LogP contribution in [0.1, 0.15) is 15.9 Å². The van der Waals surface area contributed by atoms with Crippen LogP contribution in [-0.4, -0.2) is 25.2 Å². The van der Waals surface area contributed by atoms with Crippen LogP contribution in [0.4, 0.5) is 5.69 Å². The number of rotatable bonds is 5. The van der Waals surface area contributed by atoms with Gasteiger partial charge in [-0.1, -0.05) is 30.3 Å². The van der Waals surface area contributed by atoms with Crippen LogP contribution < -0.4 is 10.1 Å². The maximum Gasteiger partial charge on any atom is 0.341 e. The number of carbonyl (C=O) groups excluding carboxylic acids is 1. The van der Waals surface area contributed by atoms with Crippen molar-refractivity contribution in [1.82, 2.24) is 4.98 Å². The molecule has 0 radical (unpaired) electrons. The maximum atomic E-state index is 11.7. The number of ether oxygens (including phenoxy) is 2. The largest absolute Gasteiger partial charge is 0.481 e. The van der Waals surface area contributed by atoms with Crippen molar-refractivity contribution in [3.05, 3.63) is 53.7 Å². The zero-order chi connectivity index (χ0) is 14.4. The number of anilines is 1. The van der Waals surface area contributed by atoms with Gasteiger partial charge in [-0.25, -0.2) is 9.78 Å². The van der Waals surface area contributed by atoms with Crippen molar-refractivity contribution in [3.63, 3.8) is 0 Å². The lowest BCUT2D eigenvalue weighted by Gasteiger charge is -2.11. The summed E-state index contributed by atoms with van der Waals surface area (Å²) in [5, 5.41) is 3.20. The molecule has 1 aromatic heterocycles. The van der Waals surface area contributed by atoms with Crippen LogP contribution in [0.3, 0.4) is 0 Å². The van der Waals surface area contributed by atoms with Gasteiger partial charge < -0.3 is 14.8 Å². The van der Waals surface area contributed by atoms with E-state index < -0.39 is 5.97 Å². The van der Waals surface area contributed by atoms with Gasteiger partial charge in [0.05, 0.1) is 19.9 Å². The minimum absolute atomic E-state index is 0.379. The molecule has 5 nitrogen and oxygen atoms in total. The molecular weight excluding hydrogens is 256 g/mol. The number of pyridine rings is 1. The molecule has 5 heteroatoms. The zero-order valence-electron chi connectivity index (χ0n) is 11.4. The first-order chi connectivity index (χ1) is 9.74. The molecule has 0 aliphatic rings. The van der Waals surface area contributed by atoms with E-state index >= 15 is 0 Å². The second kappa shape index (κ2) is 6.56. The average Bonchev–Trinajstić information content (AvgIpc) is 2.52. The standard InChI is InChI=1S/C15H16N2O3/c1-19-14-8-13(12(10-17-14)15(18)20-2)16-9-11-6-4-3-5-7-11/h3-8,10H,9H2,1-2H3,(H,16,17). The maximum absolute atomic E-state index is 11.7. The highest BCUT2D eigenvalue weighted by molar-refractivity contribution is 5.95. The Morgan fingerprint density at radius 2 is 2.00 bits per heavy atom. The molecule has 1 heterocycles. The van der Waals surface area contributed by atoms with E-state index in [4.69, 9.17) is 9.47 Å². The topological polar surface area (TPSA) is 60.5 Å². The highest BCUT2D eigenvalue weighted by Crippen LogP contribution is 2.21. The Balaban J connectivity index is 2.21. The van der Waals surface area contributed by atoms with E-state index in [9.17, 15) is 4.79 Å². The van der Waals surface area contributed by atoms with Gasteiger partial charge in [0.1, 0.15) is 5.56 Å². The molecular formula is C15H16N2O3. The molecule has 0 spiro atoms. The van der Waals surface area contributed by atoms with Crippen LogP contribution in [0, 0.1) is 0 Å². The summed E-state index contributed by atoms with van der Waals surface area (Å²) in [5.74, 6) is 0.00364. The minimum atomic E-state index is -0.435. The van der Waals surface area contributed by atoms with Crippen LogP contribution in [0.25, 0.3) is 0 Å². The number of hydrogen-bond acceptors (Lipinski definition) is 5. The van der Waals surface area contributed by atoms with E-state index in [1.54, 1.807) is 6.07 Å². The Kier molecular flexibility index (Phi) is 4.55. The van der Waals surface area contributed by atoms with Crippen molar-refractivity contribution in [1.29, 1.82) is 0 Å². The average molecular weight is 272 g/mol. The van der Waals surface area contributed by atoms with Crippen LogP contribution in [-0.2, 0) is 11.3 Å². The van der Waals surface area contributed by atoms with Gasteiger partial charge in [0.15, 0.2) is 0 Å². The number of carbonyl (C=O) groups is 1. The SMILES string of the molecule is COC(=O)c1cnc(OC)cc1NCc1ccccc1. The van der Waals surface area contributed by atoms with Crippen molar-refractivity contribution in [2.45, 2.75) is 6.54 Å². The second-order valence-electron chi connectivity index (χ2n) is 4.10. The summed E-state index contributed by atoms with van der Waals surface area (Å²) in [5.41, 5.74) is 2.12. The van der Waals surface area contributed by atoms with E-state index in [1.165, 1.54) is 20.4 Å². The molecule has 0 fully saturated rings. The molecule has 2 rings (SSSR count). The predicted molar refractivity (Wildman–Crippen MR) is 75.9 cm³/mol. The predicted octanol–water partition coefficient (Wildman–Crippen LogP) is 2.49. The lowest BCUT2D eigenvalue weighted by molar-refractivity contribution is 0.0601. The van der Waals surface area contributed by atoms with Crippen molar-refractivity contribution >= 4 is 11.7 Å². The third kappa shape index (κ3) is 3.26. The number of hydrogen-bond donors (Lipinski definition) is 1. The Labute approximate surface area is 117 Å². The van der Waals surface area contributed by atoms with E-state index in [2.05, 4.69) is 10.3 Å². The van der Waals surface area contributed by atoms with Crippen LogP contribution >= 0.6 is 0 Å². The first-order valence-corrected chi connectivity index (χ1v) is 6.14. The Bertz CT molecular complexity index is 585. The Morgan fingerprint density at radius 3 is 2.65 bits per heavy atom. The summed E-state index contributed by atoms with van der Waals surface area (Å²) in [4.78, 5) is 15.7. The van der Waals surface area contributed by atoms with E-state index in [-0.39, 0.29) is 0 Å². The summed E-state index contributed by atoms with van der Waals surface area (Å²) in [6.07, 6.45) is 1.44. The van der Waals surface area contributed by atoms with E-state index in [1.807, 2.05) is 30.3 Å². The molecule has 0 bridgehead atoms. The fourth-order valence-corrected chi connectivity index (χ4v) is 1.76.